The number of hydrogen-bond acceptors (Lipinski definition) is 2. The molecule has 0 spiro atoms. The van der Waals surface area contributed by atoms with E-state index in [1.165, 1.54) is 24.0 Å². The lowest BCUT2D eigenvalue weighted by Gasteiger charge is -2.26. The molecular weight excluding hydrogens is 196 g/mol. The molecule has 88 valence electrons. The highest BCUT2D eigenvalue weighted by Gasteiger charge is 2.35. The van der Waals surface area contributed by atoms with Crippen LogP contribution in [0, 0.1) is 0 Å². The minimum absolute atomic E-state index is 0.105. The normalized spacial score (nSPS) is 29.6. The van der Waals surface area contributed by atoms with Gasteiger partial charge >= 0.3 is 0 Å². The van der Waals surface area contributed by atoms with E-state index in [1.807, 2.05) is 0 Å². The van der Waals surface area contributed by atoms with Crippen LogP contribution in [0.1, 0.15) is 37.3 Å². The molecular formula is C14H22N2. The summed E-state index contributed by atoms with van der Waals surface area (Å²) in [4.78, 5) is 0. The van der Waals surface area contributed by atoms with Gasteiger partial charge in [-0.25, -0.2) is 0 Å². The van der Waals surface area contributed by atoms with E-state index in [0.717, 1.165) is 13.1 Å². The second kappa shape index (κ2) is 4.56. The fraction of sp³-hybridized carbons (Fsp3) is 0.571. The zero-order chi connectivity index (χ0) is 11.6. The maximum atomic E-state index is 6.29. The first-order chi connectivity index (χ1) is 7.63. The lowest BCUT2D eigenvalue weighted by molar-refractivity contribution is 0.462. The van der Waals surface area contributed by atoms with Gasteiger partial charge in [0.1, 0.15) is 0 Å². The van der Waals surface area contributed by atoms with Crippen molar-refractivity contribution in [3.8, 4) is 0 Å². The van der Waals surface area contributed by atoms with Gasteiger partial charge in [0.25, 0.3) is 0 Å². The van der Waals surface area contributed by atoms with Gasteiger partial charge in [-0.05, 0) is 24.5 Å². The van der Waals surface area contributed by atoms with Gasteiger partial charge in [0.2, 0.25) is 0 Å². The minimum atomic E-state index is -0.105. The van der Waals surface area contributed by atoms with Crippen LogP contribution < -0.4 is 11.1 Å². The molecule has 2 nitrogen and oxygen atoms in total. The third-order valence-electron chi connectivity index (χ3n) is 3.57. The molecule has 1 aliphatic rings. The Morgan fingerprint density at radius 2 is 2.06 bits per heavy atom. The molecule has 1 saturated heterocycles. The van der Waals surface area contributed by atoms with Crippen molar-refractivity contribution in [1.29, 1.82) is 0 Å². The topological polar surface area (TPSA) is 38.0 Å². The fourth-order valence-corrected chi connectivity index (χ4v) is 2.55. The molecule has 1 heterocycles. The predicted molar refractivity (Wildman–Crippen MR) is 68.6 cm³/mol. The Bertz CT molecular complexity index is 340. The first-order valence-electron chi connectivity index (χ1n) is 6.22. The molecule has 16 heavy (non-hydrogen) atoms. The molecule has 1 aromatic carbocycles. The van der Waals surface area contributed by atoms with Crippen molar-refractivity contribution < 1.29 is 0 Å². The molecule has 2 atom stereocenters. The van der Waals surface area contributed by atoms with Crippen LogP contribution in [0.3, 0.4) is 0 Å². The van der Waals surface area contributed by atoms with Crippen LogP contribution in [0.2, 0.25) is 0 Å². The molecule has 0 amide bonds. The Kier molecular flexibility index (Phi) is 3.31. The van der Waals surface area contributed by atoms with Crippen molar-refractivity contribution in [2.45, 2.75) is 38.1 Å². The molecule has 1 fully saturated rings. The summed E-state index contributed by atoms with van der Waals surface area (Å²) >= 11 is 0. The third-order valence-corrected chi connectivity index (χ3v) is 3.57. The molecule has 1 aromatic rings. The first kappa shape index (κ1) is 11.6. The molecule has 0 aliphatic carbocycles. The molecule has 2 unspecified atom stereocenters. The molecule has 2 rings (SSSR count). The highest BCUT2D eigenvalue weighted by atomic mass is 15.0. The first-order valence-corrected chi connectivity index (χ1v) is 6.22. The zero-order valence-electron chi connectivity index (χ0n) is 10.3. The summed E-state index contributed by atoms with van der Waals surface area (Å²) < 4.78 is 0. The van der Waals surface area contributed by atoms with E-state index in [2.05, 4.69) is 43.4 Å². The van der Waals surface area contributed by atoms with E-state index in [0.29, 0.717) is 5.92 Å². The van der Waals surface area contributed by atoms with E-state index in [9.17, 15) is 0 Å². The summed E-state index contributed by atoms with van der Waals surface area (Å²) in [6.45, 7) is 6.26. The highest BCUT2D eigenvalue weighted by Crippen LogP contribution is 2.29. The van der Waals surface area contributed by atoms with Crippen LogP contribution in [0.25, 0.3) is 0 Å². The van der Waals surface area contributed by atoms with Crippen LogP contribution in [0.15, 0.2) is 24.3 Å². The SMILES string of the molecule is CCCc1ccc(C2CNCC2(C)N)cc1. The maximum Gasteiger partial charge on any atom is 0.0333 e. The second-order valence-corrected chi connectivity index (χ2v) is 5.18. The Morgan fingerprint density at radius 1 is 1.38 bits per heavy atom. The van der Waals surface area contributed by atoms with E-state index < -0.39 is 0 Å². The van der Waals surface area contributed by atoms with Gasteiger partial charge in [-0.15, -0.1) is 0 Å². The highest BCUT2D eigenvalue weighted by molar-refractivity contribution is 5.29. The average molecular weight is 218 g/mol. The van der Waals surface area contributed by atoms with E-state index in [4.69, 9.17) is 5.73 Å². The monoisotopic (exact) mass is 218 g/mol. The summed E-state index contributed by atoms with van der Waals surface area (Å²) in [6, 6.07) is 8.97. The summed E-state index contributed by atoms with van der Waals surface area (Å²) in [5.74, 6) is 0.447. The van der Waals surface area contributed by atoms with Gasteiger partial charge < -0.3 is 11.1 Å². The summed E-state index contributed by atoms with van der Waals surface area (Å²) in [5.41, 5.74) is 8.98. The predicted octanol–water partition coefficient (Wildman–Crippen LogP) is 2.04. The molecule has 0 saturated carbocycles. The van der Waals surface area contributed by atoms with Crippen LogP contribution in [-0.2, 0) is 6.42 Å². The number of benzene rings is 1. The number of rotatable bonds is 3. The standard InChI is InChI=1S/C14H22N2/c1-3-4-11-5-7-12(8-6-11)13-9-16-10-14(13,2)15/h5-8,13,16H,3-4,9-10,15H2,1-2H3. The van der Waals surface area contributed by atoms with Gasteiger partial charge in [0.05, 0.1) is 0 Å². The lowest BCUT2D eigenvalue weighted by Crippen LogP contribution is -2.42. The van der Waals surface area contributed by atoms with Crippen molar-refractivity contribution in [3.63, 3.8) is 0 Å². The van der Waals surface area contributed by atoms with Crippen LogP contribution in [-0.4, -0.2) is 18.6 Å². The minimum Gasteiger partial charge on any atom is -0.324 e. The van der Waals surface area contributed by atoms with Crippen LogP contribution in [0.4, 0.5) is 0 Å². The van der Waals surface area contributed by atoms with E-state index >= 15 is 0 Å². The van der Waals surface area contributed by atoms with Crippen molar-refractivity contribution in [3.05, 3.63) is 35.4 Å². The van der Waals surface area contributed by atoms with Crippen molar-refractivity contribution in [2.75, 3.05) is 13.1 Å². The zero-order valence-corrected chi connectivity index (χ0v) is 10.3. The molecule has 3 N–H and O–H groups in total. The van der Waals surface area contributed by atoms with Crippen LogP contribution >= 0.6 is 0 Å². The lowest BCUT2D eigenvalue weighted by atomic mass is 9.84. The quantitative estimate of drug-likeness (QED) is 0.815. The number of hydrogen-bond donors (Lipinski definition) is 2. The summed E-state index contributed by atoms with van der Waals surface area (Å²) in [7, 11) is 0. The van der Waals surface area contributed by atoms with Gasteiger partial charge in [0, 0.05) is 24.5 Å². The Morgan fingerprint density at radius 3 is 2.56 bits per heavy atom. The Balaban J connectivity index is 2.15. The third kappa shape index (κ3) is 2.28. The van der Waals surface area contributed by atoms with Gasteiger partial charge in [0.15, 0.2) is 0 Å². The van der Waals surface area contributed by atoms with Crippen molar-refractivity contribution in [2.24, 2.45) is 5.73 Å². The van der Waals surface area contributed by atoms with E-state index in [1.54, 1.807) is 0 Å². The maximum absolute atomic E-state index is 6.29. The van der Waals surface area contributed by atoms with Crippen molar-refractivity contribution >= 4 is 0 Å². The number of nitrogens with two attached hydrogens (primary N) is 1. The molecule has 0 bridgehead atoms. The fourth-order valence-electron chi connectivity index (χ4n) is 2.55. The van der Waals surface area contributed by atoms with Gasteiger partial charge in [-0.2, -0.15) is 0 Å². The smallest absolute Gasteiger partial charge is 0.0333 e. The molecule has 2 heteroatoms. The number of aryl methyl sites for hydroxylation is 1. The molecule has 1 aliphatic heterocycles. The second-order valence-electron chi connectivity index (χ2n) is 5.18. The van der Waals surface area contributed by atoms with Crippen molar-refractivity contribution in [1.82, 2.24) is 5.32 Å². The van der Waals surface area contributed by atoms with Gasteiger partial charge in [-0.3, -0.25) is 0 Å². The van der Waals surface area contributed by atoms with E-state index in [-0.39, 0.29) is 5.54 Å². The molecule has 0 radical (unpaired) electrons. The summed E-state index contributed by atoms with van der Waals surface area (Å²) in [6.07, 6.45) is 2.38. The molecule has 0 aromatic heterocycles. The summed E-state index contributed by atoms with van der Waals surface area (Å²) in [5, 5.41) is 3.38. The largest absolute Gasteiger partial charge is 0.324 e. The number of nitrogens with one attached hydrogen (secondary N) is 1. The van der Waals surface area contributed by atoms with Gasteiger partial charge in [-0.1, -0.05) is 37.6 Å². The Hall–Kier alpha value is -0.860. The van der Waals surface area contributed by atoms with Crippen LogP contribution in [0.5, 0.6) is 0 Å². The average Bonchev–Trinajstić information content (AvgIpc) is 2.60. The Labute approximate surface area is 98.2 Å².